The van der Waals surface area contributed by atoms with Crippen molar-refractivity contribution < 1.29 is 9.53 Å². The Morgan fingerprint density at radius 2 is 1.87 bits per heavy atom. The normalized spacial score (nSPS) is 13.3. The first-order valence-electron chi connectivity index (χ1n) is 5.30. The van der Waals surface area contributed by atoms with Gasteiger partial charge in [-0.2, -0.15) is 0 Å². The molecule has 0 atom stereocenters. The maximum Gasteiger partial charge on any atom is 0.302 e. The van der Waals surface area contributed by atoms with E-state index in [0.29, 0.717) is 6.61 Å². The molecule has 0 saturated heterocycles. The molecule has 2 nitrogen and oxygen atoms in total. The predicted octanol–water partition coefficient (Wildman–Crippen LogP) is 3.32. The van der Waals surface area contributed by atoms with Crippen molar-refractivity contribution in [3.05, 3.63) is 23.4 Å². The summed E-state index contributed by atoms with van der Waals surface area (Å²) in [4.78, 5) is 10.5. The third-order valence-electron chi connectivity index (χ3n) is 1.74. The highest BCUT2D eigenvalue weighted by atomic mass is 28.3. The molecule has 0 aromatic heterocycles. The minimum Gasteiger partial charge on any atom is -0.466 e. The number of hydrogen-bond donors (Lipinski definition) is 0. The topological polar surface area (TPSA) is 26.3 Å². The number of esters is 1. The van der Waals surface area contributed by atoms with Gasteiger partial charge < -0.3 is 4.74 Å². The van der Waals surface area contributed by atoms with Gasteiger partial charge in [0, 0.05) is 13.3 Å². The van der Waals surface area contributed by atoms with Gasteiger partial charge in [-0.15, -0.1) is 0 Å². The molecule has 0 aromatic rings. The van der Waals surface area contributed by atoms with Crippen molar-refractivity contribution in [2.45, 2.75) is 39.9 Å². The number of carbonyl (C=O) groups excluding carboxylic acids is 1. The molecule has 0 radical (unpaired) electrons. The van der Waals surface area contributed by atoms with Crippen LogP contribution in [0.15, 0.2) is 23.4 Å². The van der Waals surface area contributed by atoms with E-state index in [1.165, 1.54) is 12.5 Å². The van der Waals surface area contributed by atoms with Gasteiger partial charge in [0.15, 0.2) is 0 Å². The van der Waals surface area contributed by atoms with Crippen LogP contribution < -0.4 is 0 Å². The van der Waals surface area contributed by atoms with Gasteiger partial charge in [0.1, 0.15) is 0 Å². The molecule has 0 aliphatic carbocycles. The van der Waals surface area contributed by atoms with E-state index in [2.05, 4.69) is 44.4 Å². The molecule has 0 amide bonds. The highest BCUT2D eigenvalue weighted by molar-refractivity contribution is 6.81. The lowest BCUT2D eigenvalue weighted by atomic mass is 10.2. The van der Waals surface area contributed by atoms with E-state index in [9.17, 15) is 4.79 Å². The molecule has 0 aliphatic heterocycles. The number of allylic oxidation sites excluding steroid dienone is 2. The minimum atomic E-state index is -1.09. The van der Waals surface area contributed by atoms with Crippen LogP contribution in [0, 0.1) is 0 Å². The standard InChI is InChI=1S/C12H22O2Si/c1-11(8-10-15(3,4)5)7-6-9-14-12(2)13/h7-8,10H,6,9H2,1-5H3/b10-8+,11-7+. The third-order valence-corrected chi connectivity index (χ3v) is 2.90. The van der Waals surface area contributed by atoms with Crippen molar-refractivity contribution in [2.24, 2.45) is 0 Å². The first-order valence-corrected chi connectivity index (χ1v) is 8.88. The van der Waals surface area contributed by atoms with Crippen molar-refractivity contribution in [3.63, 3.8) is 0 Å². The zero-order valence-electron chi connectivity index (χ0n) is 10.5. The summed E-state index contributed by atoms with van der Waals surface area (Å²) >= 11 is 0. The molecule has 0 aliphatic rings. The van der Waals surface area contributed by atoms with E-state index in [4.69, 9.17) is 4.74 Å². The third kappa shape index (κ3) is 11.1. The monoisotopic (exact) mass is 226 g/mol. The minimum absolute atomic E-state index is 0.210. The van der Waals surface area contributed by atoms with Crippen LogP contribution in [-0.2, 0) is 9.53 Å². The van der Waals surface area contributed by atoms with E-state index < -0.39 is 8.07 Å². The van der Waals surface area contributed by atoms with Crippen LogP contribution in [-0.4, -0.2) is 20.7 Å². The Balaban J connectivity index is 3.90. The maximum atomic E-state index is 10.5. The SMILES string of the molecule is CC(=O)OCC/C=C(C)/C=C/[Si](C)(C)C. The average molecular weight is 226 g/mol. The van der Waals surface area contributed by atoms with Crippen molar-refractivity contribution in [2.75, 3.05) is 6.61 Å². The largest absolute Gasteiger partial charge is 0.466 e. The van der Waals surface area contributed by atoms with Gasteiger partial charge in [-0.05, 0) is 6.92 Å². The second-order valence-electron chi connectivity index (χ2n) is 4.78. The van der Waals surface area contributed by atoms with Crippen molar-refractivity contribution >= 4 is 14.0 Å². The highest BCUT2D eigenvalue weighted by Gasteiger charge is 2.06. The highest BCUT2D eigenvalue weighted by Crippen LogP contribution is 2.05. The van der Waals surface area contributed by atoms with Crippen LogP contribution in [0.25, 0.3) is 0 Å². The van der Waals surface area contributed by atoms with Gasteiger partial charge in [-0.25, -0.2) is 0 Å². The Hall–Kier alpha value is -0.833. The second kappa shape index (κ2) is 6.61. The summed E-state index contributed by atoms with van der Waals surface area (Å²) in [6, 6.07) is 0. The Bertz CT molecular complexity index is 259. The fourth-order valence-electron chi connectivity index (χ4n) is 0.939. The Kier molecular flexibility index (Phi) is 6.25. The smallest absolute Gasteiger partial charge is 0.302 e. The number of hydrogen-bond acceptors (Lipinski definition) is 2. The van der Waals surface area contributed by atoms with Crippen LogP contribution in [0.1, 0.15) is 20.3 Å². The van der Waals surface area contributed by atoms with Gasteiger partial charge >= 0.3 is 5.97 Å². The summed E-state index contributed by atoms with van der Waals surface area (Å²) in [6.07, 6.45) is 5.06. The van der Waals surface area contributed by atoms with E-state index in [1.54, 1.807) is 0 Å². The summed E-state index contributed by atoms with van der Waals surface area (Å²) in [5, 5.41) is 0. The van der Waals surface area contributed by atoms with Crippen LogP contribution >= 0.6 is 0 Å². The first kappa shape index (κ1) is 14.2. The van der Waals surface area contributed by atoms with Crippen LogP contribution in [0.2, 0.25) is 19.6 Å². The molecular formula is C12H22O2Si. The lowest BCUT2D eigenvalue weighted by molar-refractivity contribution is -0.140. The summed E-state index contributed by atoms with van der Waals surface area (Å²) in [5.74, 6) is -0.210. The molecule has 0 unspecified atom stereocenters. The predicted molar refractivity (Wildman–Crippen MR) is 67.5 cm³/mol. The Labute approximate surface area is 94.0 Å². The number of carbonyl (C=O) groups is 1. The van der Waals surface area contributed by atoms with Gasteiger partial charge in [0.2, 0.25) is 0 Å². The summed E-state index contributed by atoms with van der Waals surface area (Å²) in [5.41, 5.74) is 3.55. The first-order chi connectivity index (χ1) is 6.81. The van der Waals surface area contributed by atoms with E-state index in [0.717, 1.165) is 6.42 Å². The van der Waals surface area contributed by atoms with E-state index in [1.807, 2.05) is 0 Å². The Morgan fingerprint density at radius 1 is 1.27 bits per heavy atom. The molecule has 0 spiro atoms. The van der Waals surface area contributed by atoms with E-state index in [-0.39, 0.29) is 5.97 Å². The van der Waals surface area contributed by atoms with Crippen LogP contribution in [0.4, 0.5) is 0 Å². The molecule has 86 valence electrons. The average Bonchev–Trinajstić information content (AvgIpc) is 2.07. The van der Waals surface area contributed by atoms with Gasteiger partial charge in [0.25, 0.3) is 0 Å². The fraction of sp³-hybridized carbons (Fsp3) is 0.583. The molecule has 0 saturated carbocycles. The zero-order chi connectivity index (χ0) is 11.9. The summed E-state index contributed by atoms with van der Waals surface area (Å²) < 4.78 is 4.84. The molecule has 0 rings (SSSR count). The lowest BCUT2D eigenvalue weighted by Gasteiger charge is -2.08. The number of ether oxygens (including phenoxy) is 1. The fourth-order valence-corrected chi connectivity index (χ4v) is 1.70. The molecule has 15 heavy (non-hydrogen) atoms. The molecule has 0 bridgehead atoms. The molecule has 0 N–H and O–H groups in total. The van der Waals surface area contributed by atoms with Gasteiger partial charge in [-0.1, -0.05) is 43.1 Å². The van der Waals surface area contributed by atoms with Crippen LogP contribution in [0.3, 0.4) is 0 Å². The van der Waals surface area contributed by atoms with E-state index >= 15 is 0 Å². The summed E-state index contributed by atoms with van der Waals surface area (Å²) in [6.45, 7) is 10.9. The van der Waals surface area contributed by atoms with Crippen molar-refractivity contribution in [1.29, 1.82) is 0 Å². The van der Waals surface area contributed by atoms with Crippen molar-refractivity contribution in [1.82, 2.24) is 0 Å². The maximum absolute atomic E-state index is 10.5. The number of rotatable bonds is 5. The van der Waals surface area contributed by atoms with Gasteiger partial charge in [0.05, 0.1) is 14.7 Å². The molecule has 3 heteroatoms. The second-order valence-corrected chi connectivity index (χ2v) is 9.84. The quantitative estimate of drug-likeness (QED) is 0.311. The zero-order valence-corrected chi connectivity index (χ0v) is 11.5. The molecular weight excluding hydrogens is 204 g/mol. The van der Waals surface area contributed by atoms with Crippen LogP contribution in [0.5, 0.6) is 0 Å². The molecule has 0 aromatic carbocycles. The summed E-state index contributed by atoms with van der Waals surface area (Å²) in [7, 11) is -1.09. The molecule has 0 fully saturated rings. The van der Waals surface area contributed by atoms with Gasteiger partial charge in [-0.3, -0.25) is 4.79 Å². The molecule has 0 heterocycles. The van der Waals surface area contributed by atoms with Crippen molar-refractivity contribution in [3.8, 4) is 0 Å². The lowest BCUT2D eigenvalue weighted by Crippen LogP contribution is -2.15. The Morgan fingerprint density at radius 3 is 2.33 bits per heavy atom.